The average molecular weight is 279 g/mol. The fourth-order valence-corrected chi connectivity index (χ4v) is 1.55. The predicted octanol–water partition coefficient (Wildman–Crippen LogP) is 1.53. The number of nitrogens with one attached hydrogen (secondary N) is 1. The number of halogens is 1. The number of nitrogens with zero attached hydrogens (tertiary/aromatic N) is 2. The van der Waals surface area contributed by atoms with Crippen LogP contribution < -0.4 is 5.32 Å². The number of carbonyl (C=O) groups is 1. The Morgan fingerprint density at radius 2 is 2.30 bits per heavy atom. The molecule has 0 atom stereocenters. The van der Waals surface area contributed by atoms with E-state index in [4.69, 9.17) is 9.15 Å². The number of ether oxygens (including phenoxy) is 1. The number of carbonyl (C=O) groups excluding carboxylic acids is 1. The van der Waals surface area contributed by atoms with Crippen LogP contribution in [0.15, 0.2) is 28.7 Å². The van der Waals surface area contributed by atoms with E-state index in [0.29, 0.717) is 18.1 Å². The van der Waals surface area contributed by atoms with E-state index in [2.05, 4.69) is 15.5 Å². The molecule has 1 N–H and O–H groups in total. The first-order chi connectivity index (χ1) is 9.69. The largest absolute Gasteiger partial charge is 0.465 e. The van der Waals surface area contributed by atoms with Gasteiger partial charge in [-0.1, -0.05) is 6.07 Å². The van der Waals surface area contributed by atoms with E-state index in [-0.39, 0.29) is 30.8 Å². The van der Waals surface area contributed by atoms with E-state index in [0.717, 1.165) is 0 Å². The Labute approximate surface area is 115 Å². The number of hydrogen-bond acceptors (Lipinski definition) is 6. The lowest BCUT2D eigenvalue weighted by Gasteiger charge is -2.01. The van der Waals surface area contributed by atoms with Gasteiger partial charge in [-0.15, -0.1) is 10.2 Å². The van der Waals surface area contributed by atoms with Gasteiger partial charge in [-0.25, -0.2) is 4.39 Å². The molecule has 7 heteroatoms. The van der Waals surface area contributed by atoms with Gasteiger partial charge in [0.05, 0.1) is 19.7 Å². The van der Waals surface area contributed by atoms with Crippen molar-refractivity contribution in [1.29, 1.82) is 0 Å². The second-order valence-electron chi connectivity index (χ2n) is 3.92. The SMILES string of the molecule is CCOC(=O)CNCc1nnc(-c2cccc(F)c2)o1. The van der Waals surface area contributed by atoms with Gasteiger partial charge in [-0.05, 0) is 25.1 Å². The molecule has 1 heterocycles. The van der Waals surface area contributed by atoms with Gasteiger partial charge in [-0.2, -0.15) is 0 Å². The van der Waals surface area contributed by atoms with Crippen molar-refractivity contribution in [3.63, 3.8) is 0 Å². The highest BCUT2D eigenvalue weighted by atomic mass is 19.1. The molecule has 1 aromatic carbocycles. The fourth-order valence-electron chi connectivity index (χ4n) is 1.55. The second kappa shape index (κ2) is 6.76. The summed E-state index contributed by atoms with van der Waals surface area (Å²) in [5.74, 6) is -0.175. The first-order valence-electron chi connectivity index (χ1n) is 6.13. The van der Waals surface area contributed by atoms with Gasteiger partial charge in [0, 0.05) is 5.56 Å². The van der Waals surface area contributed by atoms with Crippen LogP contribution in [0.4, 0.5) is 4.39 Å². The molecule has 0 fully saturated rings. The minimum absolute atomic E-state index is 0.0610. The molecule has 0 aliphatic heterocycles. The Hall–Kier alpha value is -2.28. The molecule has 1 aromatic heterocycles. The summed E-state index contributed by atoms with van der Waals surface area (Å²) < 4.78 is 23.2. The minimum atomic E-state index is -0.373. The zero-order valence-corrected chi connectivity index (χ0v) is 10.9. The van der Waals surface area contributed by atoms with Crippen molar-refractivity contribution >= 4 is 5.97 Å². The van der Waals surface area contributed by atoms with Crippen LogP contribution in [-0.2, 0) is 16.1 Å². The predicted molar refractivity (Wildman–Crippen MR) is 68.0 cm³/mol. The number of rotatable bonds is 6. The molecule has 0 saturated heterocycles. The van der Waals surface area contributed by atoms with E-state index in [1.807, 2.05) is 0 Å². The number of esters is 1. The van der Waals surface area contributed by atoms with Crippen LogP contribution in [0.3, 0.4) is 0 Å². The Kier molecular flexibility index (Phi) is 4.78. The second-order valence-corrected chi connectivity index (χ2v) is 3.92. The van der Waals surface area contributed by atoms with Gasteiger partial charge in [-0.3, -0.25) is 10.1 Å². The molecule has 0 saturated carbocycles. The van der Waals surface area contributed by atoms with Crippen molar-refractivity contribution in [2.75, 3.05) is 13.2 Å². The highest BCUT2D eigenvalue weighted by molar-refractivity contribution is 5.71. The maximum absolute atomic E-state index is 13.1. The first kappa shape index (κ1) is 14.1. The van der Waals surface area contributed by atoms with Gasteiger partial charge in [0.25, 0.3) is 0 Å². The molecule has 0 bridgehead atoms. The molecule has 0 spiro atoms. The van der Waals surface area contributed by atoms with Gasteiger partial charge in [0.15, 0.2) is 0 Å². The highest BCUT2D eigenvalue weighted by Crippen LogP contribution is 2.18. The maximum atomic E-state index is 13.1. The van der Waals surface area contributed by atoms with Gasteiger partial charge >= 0.3 is 5.97 Å². The molecule has 0 aliphatic rings. The zero-order valence-electron chi connectivity index (χ0n) is 10.9. The quantitative estimate of drug-likeness (QED) is 0.808. The Bertz CT molecular complexity index is 586. The number of benzene rings is 1. The molecule has 0 amide bonds. The van der Waals surface area contributed by atoms with Crippen molar-refractivity contribution < 1.29 is 18.3 Å². The maximum Gasteiger partial charge on any atom is 0.319 e. The third-order valence-corrected chi connectivity index (χ3v) is 2.39. The van der Waals surface area contributed by atoms with Crippen molar-refractivity contribution in [2.45, 2.75) is 13.5 Å². The molecule has 106 valence electrons. The highest BCUT2D eigenvalue weighted by Gasteiger charge is 2.09. The van der Waals surface area contributed by atoms with Gasteiger partial charge in [0.2, 0.25) is 11.8 Å². The standard InChI is InChI=1S/C13H14FN3O3/c1-2-19-12(18)8-15-7-11-16-17-13(20-11)9-4-3-5-10(14)6-9/h3-6,15H,2,7-8H2,1H3. The smallest absolute Gasteiger partial charge is 0.319 e. The Balaban J connectivity index is 1.91. The third-order valence-electron chi connectivity index (χ3n) is 2.39. The van der Waals surface area contributed by atoms with Crippen LogP contribution in [0.1, 0.15) is 12.8 Å². The molecule has 6 nitrogen and oxygen atoms in total. The summed E-state index contributed by atoms with van der Waals surface area (Å²) in [4.78, 5) is 11.1. The molecule has 2 rings (SSSR count). The lowest BCUT2D eigenvalue weighted by molar-refractivity contribution is -0.142. The third kappa shape index (κ3) is 3.86. The van der Waals surface area contributed by atoms with E-state index in [1.165, 1.54) is 12.1 Å². The summed E-state index contributed by atoms with van der Waals surface area (Å²) in [7, 11) is 0. The summed E-state index contributed by atoms with van der Waals surface area (Å²) in [6.45, 7) is 2.37. The fraction of sp³-hybridized carbons (Fsp3) is 0.308. The van der Waals surface area contributed by atoms with E-state index < -0.39 is 0 Å². The normalized spacial score (nSPS) is 10.5. The van der Waals surface area contributed by atoms with Crippen LogP contribution in [0.5, 0.6) is 0 Å². The van der Waals surface area contributed by atoms with Crippen LogP contribution in [0.2, 0.25) is 0 Å². The summed E-state index contributed by atoms with van der Waals surface area (Å²) in [6, 6.07) is 5.88. The van der Waals surface area contributed by atoms with Crippen LogP contribution >= 0.6 is 0 Å². The van der Waals surface area contributed by atoms with Crippen LogP contribution in [0.25, 0.3) is 11.5 Å². The first-order valence-corrected chi connectivity index (χ1v) is 6.13. The summed E-state index contributed by atoms with van der Waals surface area (Å²) in [5, 5.41) is 10.5. The van der Waals surface area contributed by atoms with E-state index >= 15 is 0 Å². The Morgan fingerprint density at radius 3 is 3.05 bits per heavy atom. The number of aromatic nitrogens is 2. The summed E-state index contributed by atoms with van der Waals surface area (Å²) in [6.07, 6.45) is 0. The molecule has 2 aromatic rings. The van der Waals surface area contributed by atoms with Gasteiger partial charge < -0.3 is 9.15 Å². The van der Waals surface area contributed by atoms with Crippen molar-refractivity contribution in [2.24, 2.45) is 0 Å². The summed E-state index contributed by atoms with van der Waals surface area (Å²) >= 11 is 0. The van der Waals surface area contributed by atoms with Gasteiger partial charge in [0.1, 0.15) is 5.82 Å². The molecular formula is C13H14FN3O3. The topological polar surface area (TPSA) is 77.2 Å². The Morgan fingerprint density at radius 1 is 1.45 bits per heavy atom. The van der Waals surface area contributed by atoms with Crippen LogP contribution in [0, 0.1) is 5.82 Å². The average Bonchev–Trinajstić information content (AvgIpc) is 2.88. The lowest BCUT2D eigenvalue weighted by Crippen LogP contribution is -2.24. The molecule has 0 aliphatic carbocycles. The lowest BCUT2D eigenvalue weighted by atomic mass is 10.2. The van der Waals surface area contributed by atoms with Crippen molar-refractivity contribution in [3.8, 4) is 11.5 Å². The van der Waals surface area contributed by atoms with E-state index in [9.17, 15) is 9.18 Å². The number of hydrogen-bond donors (Lipinski definition) is 1. The van der Waals surface area contributed by atoms with Crippen molar-refractivity contribution in [3.05, 3.63) is 36.0 Å². The monoisotopic (exact) mass is 279 g/mol. The minimum Gasteiger partial charge on any atom is -0.465 e. The molecule has 0 unspecified atom stereocenters. The van der Waals surface area contributed by atoms with Crippen molar-refractivity contribution in [1.82, 2.24) is 15.5 Å². The van der Waals surface area contributed by atoms with Crippen LogP contribution in [-0.4, -0.2) is 29.3 Å². The molecule has 20 heavy (non-hydrogen) atoms. The molecule has 0 radical (unpaired) electrons. The van der Waals surface area contributed by atoms with E-state index in [1.54, 1.807) is 19.1 Å². The summed E-state index contributed by atoms with van der Waals surface area (Å²) in [5.41, 5.74) is 0.508. The zero-order chi connectivity index (χ0) is 14.4. The molecular weight excluding hydrogens is 265 g/mol.